The molecule has 0 unspecified atom stereocenters. The van der Waals surface area contributed by atoms with E-state index in [1.54, 1.807) is 18.2 Å². The normalized spacial score (nSPS) is 18.2. The second-order valence-corrected chi connectivity index (χ2v) is 12.8. The molecule has 1 N–H and O–H groups in total. The van der Waals surface area contributed by atoms with Gasteiger partial charge in [-0.25, -0.2) is 8.42 Å². The van der Waals surface area contributed by atoms with Crippen LogP contribution in [0.15, 0.2) is 71.1 Å². The van der Waals surface area contributed by atoms with Crippen molar-refractivity contribution in [1.82, 2.24) is 4.90 Å². The topological polar surface area (TPSA) is 94.2 Å². The van der Waals surface area contributed by atoms with Crippen LogP contribution >= 0.6 is 0 Å². The first-order chi connectivity index (χ1) is 19.9. The molecule has 0 saturated carbocycles. The molecule has 3 aliphatic rings. The predicted molar refractivity (Wildman–Crippen MR) is 158 cm³/mol. The molecule has 9 heteroatoms. The third-order valence-corrected chi connectivity index (χ3v) is 9.72. The molecule has 1 fully saturated rings. The quantitative estimate of drug-likeness (QED) is 0.446. The summed E-state index contributed by atoms with van der Waals surface area (Å²) in [6.45, 7) is 3.43. The van der Waals surface area contributed by atoms with Crippen LogP contribution in [0.25, 0.3) is 17.2 Å². The molecule has 1 saturated heterocycles. The largest absolute Gasteiger partial charge is 0.486 e. The Kier molecular flexibility index (Phi) is 7.84. The number of benzene rings is 3. The van der Waals surface area contributed by atoms with Crippen LogP contribution in [-0.2, 0) is 25.9 Å². The Morgan fingerprint density at radius 1 is 0.902 bits per heavy atom. The minimum absolute atomic E-state index is 0.125. The number of hydrogen-bond donors (Lipinski definition) is 1. The summed E-state index contributed by atoms with van der Waals surface area (Å²) in [4.78, 5) is 15.9. The summed E-state index contributed by atoms with van der Waals surface area (Å²) < 4.78 is 43.0. The third-order valence-electron chi connectivity index (χ3n) is 7.94. The highest BCUT2D eigenvalue weighted by Gasteiger charge is 2.25. The number of amides is 1. The maximum Gasteiger partial charge on any atom is 0.251 e. The molecular formula is C32H34N2O6S. The molecule has 214 valence electrons. The average molecular weight is 575 g/mol. The van der Waals surface area contributed by atoms with E-state index in [1.165, 1.54) is 0 Å². The molecule has 3 aliphatic heterocycles. The Morgan fingerprint density at radius 2 is 1.61 bits per heavy atom. The van der Waals surface area contributed by atoms with Crippen LogP contribution in [-0.4, -0.2) is 64.5 Å². The minimum atomic E-state index is -3.55. The van der Waals surface area contributed by atoms with Crippen LogP contribution in [0.5, 0.6) is 11.5 Å². The molecule has 0 atom stereocenters. The summed E-state index contributed by atoms with van der Waals surface area (Å²) in [7, 11) is -1.41. The van der Waals surface area contributed by atoms with Gasteiger partial charge in [-0.3, -0.25) is 9.69 Å². The second-order valence-electron chi connectivity index (χ2n) is 10.8. The molecule has 3 heterocycles. The Balaban J connectivity index is 1.19. The van der Waals surface area contributed by atoms with Gasteiger partial charge in [0.15, 0.2) is 21.3 Å². The molecule has 1 amide bonds. The fourth-order valence-corrected chi connectivity index (χ4v) is 7.05. The van der Waals surface area contributed by atoms with Crippen molar-refractivity contribution < 1.29 is 27.4 Å². The van der Waals surface area contributed by atoms with E-state index in [1.807, 2.05) is 48.5 Å². The summed E-state index contributed by atoms with van der Waals surface area (Å²) in [5, 5.41) is 2.96. The minimum Gasteiger partial charge on any atom is -0.486 e. The van der Waals surface area contributed by atoms with Crippen LogP contribution in [0, 0.1) is 0 Å². The lowest BCUT2D eigenvalue weighted by Crippen LogP contribution is -2.36. The molecule has 0 aromatic heterocycles. The molecule has 3 aromatic carbocycles. The zero-order chi connectivity index (χ0) is 28.4. The third kappa shape index (κ3) is 6.17. The zero-order valence-electron chi connectivity index (χ0n) is 23.1. The second kappa shape index (κ2) is 11.7. The Morgan fingerprint density at radius 3 is 2.39 bits per heavy atom. The van der Waals surface area contributed by atoms with Gasteiger partial charge in [0.2, 0.25) is 0 Å². The molecule has 0 spiro atoms. The van der Waals surface area contributed by atoms with Crippen LogP contribution in [0.2, 0.25) is 0 Å². The summed E-state index contributed by atoms with van der Waals surface area (Å²) >= 11 is 0. The summed E-state index contributed by atoms with van der Waals surface area (Å²) in [6.07, 6.45) is 3.91. The number of anilines is 1. The van der Waals surface area contributed by atoms with Gasteiger partial charge < -0.3 is 19.5 Å². The van der Waals surface area contributed by atoms with Crippen molar-refractivity contribution in [2.45, 2.75) is 36.7 Å². The SMILES string of the molecule is CN(Cc1ccc(NC(=O)C2=Cc3cc(-c4ccc5c(c4)OCCO5)ccc3S(=O)(=O)CC2)cc1)C1CCOCC1. The van der Waals surface area contributed by atoms with E-state index in [0.29, 0.717) is 47.6 Å². The van der Waals surface area contributed by atoms with E-state index >= 15 is 0 Å². The van der Waals surface area contributed by atoms with Crippen molar-refractivity contribution >= 4 is 27.5 Å². The van der Waals surface area contributed by atoms with Gasteiger partial charge in [0, 0.05) is 37.1 Å². The van der Waals surface area contributed by atoms with Gasteiger partial charge in [0.05, 0.1) is 10.6 Å². The summed E-state index contributed by atoms with van der Waals surface area (Å²) in [5.74, 6) is 0.925. The molecule has 0 radical (unpaired) electrons. The van der Waals surface area contributed by atoms with Crippen molar-refractivity contribution in [2.24, 2.45) is 0 Å². The van der Waals surface area contributed by atoms with Gasteiger partial charge in [-0.2, -0.15) is 0 Å². The first-order valence-corrected chi connectivity index (χ1v) is 15.7. The van der Waals surface area contributed by atoms with Gasteiger partial charge in [0.1, 0.15) is 13.2 Å². The standard InChI is InChI=1S/C32H34N2O6S/c1-34(28-10-13-38-14-11-28)21-22-2-6-27(7-3-22)33-32(35)25-12-17-41(36,37)31-9-5-23(18-26(31)19-25)24-4-8-29-30(20-24)40-16-15-39-29/h2-9,18-20,28H,10-17,21H2,1H3,(H,33,35). The van der Waals surface area contributed by atoms with Crippen molar-refractivity contribution in [3.05, 3.63) is 77.4 Å². The van der Waals surface area contributed by atoms with E-state index in [4.69, 9.17) is 14.2 Å². The van der Waals surface area contributed by atoms with Gasteiger partial charge >= 0.3 is 0 Å². The average Bonchev–Trinajstić information content (AvgIpc) is 3.13. The molecule has 0 bridgehead atoms. The van der Waals surface area contributed by atoms with Gasteiger partial charge in [-0.05, 0) is 91.0 Å². The van der Waals surface area contributed by atoms with Crippen LogP contribution in [0.3, 0.4) is 0 Å². The lowest BCUT2D eigenvalue weighted by atomic mass is 10.0. The van der Waals surface area contributed by atoms with E-state index in [-0.39, 0.29) is 23.0 Å². The Hall–Kier alpha value is -3.66. The Labute approximate surface area is 240 Å². The predicted octanol–water partition coefficient (Wildman–Crippen LogP) is 4.94. The lowest BCUT2D eigenvalue weighted by Gasteiger charge is -2.31. The number of carbonyl (C=O) groups excluding carboxylic acids is 1. The Bertz CT molecular complexity index is 1580. The first kappa shape index (κ1) is 27.5. The van der Waals surface area contributed by atoms with Crippen LogP contribution < -0.4 is 14.8 Å². The van der Waals surface area contributed by atoms with Crippen molar-refractivity contribution in [1.29, 1.82) is 0 Å². The van der Waals surface area contributed by atoms with Crippen molar-refractivity contribution in [2.75, 3.05) is 44.5 Å². The fraction of sp³-hybridized carbons (Fsp3) is 0.344. The van der Waals surface area contributed by atoms with Gasteiger partial charge in [-0.1, -0.05) is 24.3 Å². The number of nitrogens with one attached hydrogen (secondary N) is 1. The fourth-order valence-electron chi connectivity index (χ4n) is 5.59. The number of hydrogen-bond acceptors (Lipinski definition) is 7. The lowest BCUT2D eigenvalue weighted by molar-refractivity contribution is -0.112. The monoisotopic (exact) mass is 574 g/mol. The van der Waals surface area contributed by atoms with Crippen molar-refractivity contribution in [3.8, 4) is 22.6 Å². The van der Waals surface area contributed by atoms with E-state index in [9.17, 15) is 13.2 Å². The van der Waals surface area contributed by atoms with Crippen LogP contribution in [0.4, 0.5) is 5.69 Å². The van der Waals surface area contributed by atoms with E-state index in [2.05, 4.69) is 17.3 Å². The zero-order valence-corrected chi connectivity index (χ0v) is 23.9. The molecule has 3 aromatic rings. The summed E-state index contributed by atoms with van der Waals surface area (Å²) in [5.41, 5.74) is 4.47. The number of ether oxygens (including phenoxy) is 3. The highest BCUT2D eigenvalue weighted by atomic mass is 32.2. The highest BCUT2D eigenvalue weighted by molar-refractivity contribution is 7.91. The van der Waals surface area contributed by atoms with Gasteiger partial charge in [-0.15, -0.1) is 0 Å². The van der Waals surface area contributed by atoms with Crippen LogP contribution in [0.1, 0.15) is 30.4 Å². The van der Waals surface area contributed by atoms with Crippen molar-refractivity contribution in [3.63, 3.8) is 0 Å². The van der Waals surface area contributed by atoms with E-state index in [0.717, 1.165) is 49.3 Å². The highest BCUT2D eigenvalue weighted by Crippen LogP contribution is 2.36. The molecule has 8 nitrogen and oxygen atoms in total. The maximum absolute atomic E-state index is 13.3. The molecule has 41 heavy (non-hydrogen) atoms. The maximum atomic E-state index is 13.3. The summed E-state index contributed by atoms with van der Waals surface area (Å²) in [6, 6.07) is 19.3. The molecule has 6 rings (SSSR count). The smallest absolute Gasteiger partial charge is 0.251 e. The number of fused-ring (bicyclic) bond motifs is 2. The van der Waals surface area contributed by atoms with E-state index < -0.39 is 9.84 Å². The number of nitrogens with zero attached hydrogens (tertiary/aromatic N) is 1. The number of rotatable bonds is 6. The molecule has 0 aliphatic carbocycles. The number of carbonyl (C=O) groups is 1. The van der Waals surface area contributed by atoms with Gasteiger partial charge in [0.25, 0.3) is 5.91 Å². The number of sulfone groups is 1. The first-order valence-electron chi connectivity index (χ1n) is 14.0. The molecular weight excluding hydrogens is 540 g/mol.